The van der Waals surface area contributed by atoms with E-state index in [4.69, 9.17) is 15.2 Å². The third-order valence-electron chi connectivity index (χ3n) is 15.1. The Bertz CT molecular complexity index is 1270. The van der Waals surface area contributed by atoms with Crippen LogP contribution in [0.15, 0.2) is 0 Å². The van der Waals surface area contributed by atoms with E-state index in [0.717, 1.165) is 25.7 Å². The molecular formula is C35H56F2N2O7. The topological polar surface area (TPSA) is 151 Å². The monoisotopic (exact) mass is 654 g/mol. The fourth-order valence-corrected chi connectivity index (χ4v) is 12.7. The second-order valence-corrected chi connectivity index (χ2v) is 17.9. The number of carbonyl (C=O) groups excluding carboxylic acids is 2. The van der Waals surface area contributed by atoms with Gasteiger partial charge in [0, 0.05) is 23.7 Å². The van der Waals surface area contributed by atoms with Crippen LogP contribution in [0.1, 0.15) is 106 Å². The Morgan fingerprint density at radius 2 is 1.67 bits per heavy atom. The Hall–Kier alpha value is -1.40. The van der Waals surface area contributed by atoms with E-state index in [2.05, 4.69) is 26.1 Å². The van der Waals surface area contributed by atoms with E-state index < -0.39 is 77.2 Å². The molecule has 1 saturated heterocycles. The second-order valence-electron chi connectivity index (χ2n) is 17.9. The molecule has 11 heteroatoms. The van der Waals surface area contributed by atoms with Crippen molar-refractivity contribution in [3.8, 4) is 0 Å². The molecule has 6 rings (SSSR count). The Morgan fingerprint density at radius 1 is 1.02 bits per heavy atom. The summed E-state index contributed by atoms with van der Waals surface area (Å²) >= 11 is 0. The van der Waals surface area contributed by atoms with Crippen LogP contribution in [0.5, 0.6) is 0 Å². The van der Waals surface area contributed by atoms with Crippen molar-refractivity contribution in [2.24, 2.45) is 50.6 Å². The quantitative estimate of drug-likeness (QED) is 0.261. The lowest BCUT2D eigenvalue weighted by Crippen LogP contribution is -2.64. The first-order valence-corrected chi connectivity index (χ1v) is 17.4. The summed E-state index contributed by atoms with van der Waals surface area (Å²) in [4.78, 5) is 25.4. The summed E-state index contributed by atoms with van der Waals surface area (Å²) in [6, 6.07) is -1.18. The van der Waals surface area contributed by atoms with Gasteiger partial charge in [-0.1, -0.05) is 27.7 Å². The van der Waals surface area contributed by atoms with Gasteiger partial charge in [-0.05, 0) is 99.7 Å². The number of alkyl halides is 2. The maximum atomic E-state index is 15.7. The summed E-state index contributed by atoms with van der Waals surface area (Å²) in [5.41, 5.74) is 1.25. The third-order valence-corrected chi connectivity index (χ3v) is 15.1. The highest BCUT2D eigenvalue weighted by molar-refractivity contribution is 5.85. The molecule has 262 valence electrons. The van der Waals surface area contributed by atoms with Gasteiger partial charge in [0.2, 0.25) is 5.91 Å². The maximum absolute atomic E-state index is 15.7. The number of hydrogen-bond donors (Lipinski definition) is 5. The van der Waals surface area contributed by atoms with Crippen LogP contribution in [0.2, 0.25) is 0 Å². The van der Waals surface area contributed by atoms with Crippen LogP contribution in [-0.2, 0) is 19.1 Å². The van der Waals surface area contributed by atoms with Crippen molar-refractivity contribution >= 4 is 11.9 Å². The van der Waals surface area contributed by atoms with Crippen molar-refractivity contribution in [3.05, 3.63) is 0 Å². The highest BCUT2D eigenvalue weighted by atomic mass is 19.3. The molecule has 9 nitrogen and oxygen atoms in total. The normalized spacial score (nSPS) is 49.2. The van der Waals surface area contributed by atoms with E-state index in [-0.39, 0.29) is 40.6 Å². The predicted molar refractivity (Wildman–Crippen MR) is 165 cm³/mol. The van der Waals surface area contributed by atoms with Gasteiger partial charge >= 0.3 is 5.97 Å². The highest BCUT2D eigenvalue weighted by Crippen LogP contribution is 2.90. The van der Waals surface area contributed by atoms with Crippen LogP contribution < -0.4 is 11.1 Å². The second kappa shape index (κ2) is 10.3. The average Bonchev–Trinajstić information content (AvgIpc) is 3.32. The number of carbonyl (C=O) groups is 2. The number of esters is 1. The maximum Gasteiger partial charge on any atom is 0.325 e. The molecule has 5 saturated carbocycles. The molecule has 46 heavy (non-hydrogen) atoms. The summed E-state index contributed by atoms with van der Waals surface area (Å²) in [5.74, 6) is -5.05. The van der Waals surface area contributed by atoms with Crippen LogP contribution in [-0.4, -0.2) is 81.8 Å². The van der Waals surface area contributed by atoms with Crippen molar-refractivity contribution in [1.82, 2.24) is 5.32 Å². The Morgan fingerprint density at radius 3 is 2.28 bits per heavy atom. The van der Waals surface area contributed by atoms with Gasteiger partial charge < -0.3 is 35.8 Å². The van der Waals surface area contributed by atoms with E-state index in [1.165, 1.54) is 0 Å². The van der Waals surface area contributed by atoms with Crippen LogP contribution in [0, 0.1) is 44.8 Å². The van der Waals surface area contributed by atoms with Crippen LogP contribution >= 0.6 is 0 Å². The number of nitrogens with two attached hydrogens (primary N) is 1. The first kappa shape index (κ1) is 34.5. The van der Waals surface area contributed by atoms with E-state index >= 15 is 8.78 Å². The number of amides is 1. The number of ether oxygens (including phenoxy) is 2. The SMILES string of the molecule is CC(C)(O)[C@@H]1CC[C@@](C)([C@H]2[C@@H](O)C[C@@]3(C)[C@@H]4C[C@H](OC(=O)CNC(=O)[C@@H](N)CO)[C@H]5C(C)(C)C(F)(F)CC[C@@]56C[C@@]46CC[C@]23C)O1. The summed E-state index contributed by atoms with van der Waals surface area (Å²) in [6.45, 7) is 12.3. The Labute approximate surface area is 271 Å². The summed E-state index contributed by atoms with van der Waals surface area (Å²) in [6.07, 6.45) is 3.32. The lowest BCUT2D eigenvalue weighted by molar-refractivity contribution is -0.251. The van der Waals surface area contributed by atoms with E-state index in [9.17, 15) is 24.9 Å². The zero-order valence-electron chi connectivity index (χ0n) is 28.6. The van der Waals surface area contributed by atoms with E-state index in [1.807, 2.05) is 0 Å². The molecule has 1 heterocycles. The van der Waals surface area contributed by atoms with Crippen molar-refractivity contribution in [1.29, 1.82) is 0 Å². The minimum Gasteiger partial charge on any atom is -0.461 e. The molecule has 2 spiro atoms. The molecule has 0 unspecified atom stereocenters. The highest BCUT2D eigenvalue weighted by Gasteiger charge is 2.86. The fraction of sp³-hybridized carbons (Fsp3) is 0.943. The van der Waals surface area contributed by atoms with Gasteiger partial charge in [0.1, 0.15) is 18.7 Å². The lowest BCUT2D eigenvalue weighted by Gasteiger charge is -2.65. The molecule has 0 bridgehead atoms. The molecule has 6 N–H and O–H groups in total. The molecule has 6 fully saturated rings. The van der Waals surface area contributed by atoms with Gasteiger partial charge in [-0.15, -0.1) is 0 Å². The Kier molecular flexibility index (Phi) is 7.72. The number of nitrogens with one attached hydrogen (secondary N) is 1. The minimum absolute atomic E-state index is 0.0301. The number of halogens is 2. The van der Waals surface area contributed by atoms with E-state index in [1.54, 1.807) is 27.7 Å². The molecule has 5 aliphatic carbocycles. The van der Waals surface area contributed by atoms with Crippen LogP contribution in [0.3, 0.4) is 0 Å². The molecule has 0 aromatic carbocycles. The Balaban J connectivity index is 1.34. The summed E-state index contributed by atoms with van der Waals surface area (Å²) in [7, 11) is 0. The average molecular weight is 655 g/mol. The number of rotatable bonds is 7. The number of fused-ring (bicyclic) bond motifs is 2. The molecule has 1 amide bonds. The van der Waals surface area contributed by atoms with Gasteiger partial charge in [-0.2, -0.15) is 0 Å². The zero-order valence-corrected chi connectivity index (χ0v) is 28.6. The zero-order chi connectivity index (χ0) is 34.1. The van der Waals surface area contributed by atoms with Gasteiger partial charge in [-0.3, -0.25) is 9.59 Å². The fourth-order valence-electron chi connectivity index (χ4n) is 12.7. The molecule has 12 atom stereocenters. The summed E-state index contributed by atoms with van der Waals surface area (Å²) < 4.78 is 44.3. The van der Waals surface area contributed by atoms with Crippen molar-refractivity contribution < 1.29 is 43.2 Å². The first-order valence-electron chi connectivity index (χ1n) is 17.4. The molecule has 0 aromatic rings. The van der Waals surface area contributed by atoms with Crippen molar-refractivity contribution in [2.75, 3.05) is 13.2 Å². The molecule has 6 aliphatic rings. The number of aliphatic hydroxyl groups is 3. The van der Waals surface area contributed by atoms with E-state index in [0.29, 0.717) is 25.7 Å². The number of hydrogen-bond acceptors (Lipinski definition) is 8. The van der Waals surface area contributed by atoms with Crippen molar-refractivity contribution in [3.63, 3.8) is 0 Å². The summed E-state index contributed by atoms with van der Waals surface area (Å²) in [5, 5.41) is 34.3. The lowest BCUT2D eigenvalue weighted by atomic mass is 9.41. The molecular weight excluding hydrogens is 598 g/mol. The van der Waals surface area contributed by atoms with Gasteiger partial charge in [0.25, 0.3) is 5.92 Å². The first-order chi connectivity index (χ1) is 21.1. The van der Waals surface area contributed by atoms with Crippen LogP contribution in [0.25, 0.3) is 0 Å². The smallest absolute Gasteiger partial charge is 0.325 e. The van der Waals surface area contributed by atoms with Gasteiger partial charge in [-0.25, -0.2) is 8.78 Å². The molecule has 0 radical (unpaired) electrons. The molecule has 1 aliphatic heterocycles. The largest absolute Gasteiger partial charge is 0.461 e. The minimum atomic E-state index is -2.93. The van der Waals surface area contributed by atoms with Crippen LogP contribution in [0.4, 0.5) is 8.78 Å². The van der Waals surface area contributed by atoms with Gasteiger partial charge in [0.15, 0.2) is 0 Å². The third kappa shape index (κ3) is 4.46. The molecule has 0 aromatic heterocycles. The standard InChI is InChI=1S/C35H56F2N2O7/c1-28(2)26-21(45-24(42)16-39-27(43)19(38)17-40)14-22-31(6)15-20(41)25(32(7)9-8-23(46-32)29(3,4)44)30(31,5)10-11-33(22)18-34(26,33)12-13-35(28,36)37/h19-23,25-26,40-41,44H,8-18,38H2,1-7H3,(H,39,43)/t19-,20-,21-,22-,23-,25-,26-,30+,31-,32-,33-,34+/m0/s1. The van der Waals surface area contributed by atoms with Gasteiger partial charge in [0.05, 0.1) is 30.0 Å². The predicted octanol–water partition coefficient (Wildman–Crippen LogP) is 3.70. The van der Waals surface area contributed by atoms with Crippen molar-refractivity contribution in [2.45, 2.75) is 148 Å². The number of aliphatic hydroxyl groups excluding tert-OH is 2.